The Morgan fingerprint density at radius 2 is 2.21 bits per heavy atom. The Morgan fingerprint density at radius 1 is 1.47 bits per heavy atom. The first kappa shape index (κ1) is 14.0. The molecule has 0 aromatic heterocycles. The molecule has 1 aliphatic rings. The number of nitrogens with zero attached hydrogens (tertiary/aromatic N) is 1. The first-order chi connectivity index (χ1) is 9.01. The molecule has 1 heterocycles. The fourth-order valence-corrected chi connectivity index (χ4v) is 2.62. The molecular weight excluding hydrogens is 242 g/mol. The summed E-state index contributed by atoms with van der Waals surface area (Å²) in [5, 5.41) is 9.77. The number of aryl methyl sites for hydroxylation is 2. The number of hydrogen-bond acceptors (Lipinski definition) is 4. The van der Waals surface area contributed by atoms with E-state index in [2.05, 4.69) is 32.0 Å². The molecule has 0 radical (unpaired) electrons. The van der Waals surface area contributed by atoms with Gasteiger partial charge in [-0.05, 0) is 25.0 Å². The summed E-state index contributed by atoms with van der Waals surface area (Å²) in [6.45, 7) is 5.31. The zero-order chi connectivity index (χ0) is 14.0. The number of esters is 1. The van der Waals surface area contributed by atoms with Gasteiger partial charge in [-0.2, -0.15) is 0 Å². The quantitative estimate of drug-likeness (QED) is 0.838. The lowest BCUT2D eigenvalue weighted by atomic mass is 10.0. The highest BCUT2D eigenvalue weighted by Crippen LogP contribution is 2.23. The summed E-state index contributed by atoms with van der Waals surface area (Å²) in [6.07, 6.45) is 0.00609. The van der Waals surface area contributed by atoms with Crippen molar-refractivity contribution >= 4 is 5.97 Å². The van der Waals surface area contributed by atoms with E-state index in [0.717, 1.165) is 0 Å². The molecule has 1 aromatic rings. The Kier molecular flexibility index (Phi) is 4.22. The molecule has 4 nitrogen and oxygen atoms in total. The fraction of sp³-hybridized carbons (Fsp3) is 0.533. The van der Waals surface area contributed by atoms with Gasteiger partial charge in [-0.25, -0.2) is 0 Å². The van der Waals surface area contributed by atoms with Crippen molar-refractivity contribution < 1.29 is 14.6 Å². The summed E-state index contributed by atoms with van der Waals surface area (Å²) in [5.74, 6) is -0.262. The lowest BCUT2D eigenvalue weighted by Crippen LogP contribution is -2.36. The number of methoxy groups -OCH3 is 1. The fourth-order valence-electron chi connectivity index (χ4n) is 2.62. The topological polar surface area (TPSA) is 49.8 Å². The highest BCUT2D eigenvalue weighted by molar-refractivity contribution is 5.76. The molecule has 4 heteroatoms. The molecule has 1 aromatic carbocycles. The molecular formula is C15H21NO3. The predicted molar refractivity (Wildman–Crippen MR) is 72.8 cm³/mol. The van der Waals surface area contributed by atoms with Crippen LogP contribution in [0.25, 0.3) is 0 Å². The summed E-state index contributed by atoms with van der Waals surface area (Å²) >= 11 is 0. The average Bonchev–Trinajstić information content (AvgIpc) is 2.74. The number of carbonyl (C=O) groups is 1. The number of β-amino-alcohol motifs (C(OH)–C–C–N with tert-alkyl or cyclic N) is 1. The molecule has 1 saturated heterocycles. The molecule has 1 N–H and O–H groups in total. The molecule has 19 heavy (non-hydrogen) atoms. The molecule has 0 aliphatic carbocycles. The Bertz CT molecular complexity index is 472. The van der Waals surface area contributed by atoms with Crippen LogP contribution in [-0.2, 0) is 16.1 Å². The molecule has 2 atom stereocenters. The minimum Gasteiger partial charge on any atom is -0.468 e. The second-order valence-corrected chi connectivity index (χ2v) is 5.29. The van der Waals surface area contributed by atoms with Gasteiger partial charge in [-0.15, -0.1) is 0 Å². The van der Waals surface area contributed by atoms with Gasteiger partial charge in [-0.1, -0.05) is 23.8 Å². The maximum Gasteiger partial charge on any atom is 0.323 e. The molecule has 1 aliphatic heterocycles. The van der Waals surface area contributed by atoms with Crippen molar-refractivity contribution in [3.63, 3.8) is 0 Å². The van der Waals surface area contributed by atoms with Crippen molar-refractivity contribution in [2.24, 2.45) is 0 Å². The van der Waals surface area contributed by atoms with E-state index in [-0.39, 0.29) is 12.0 Å². The third-order valence-electron chi connectivity index (χ3n) is 3.73. The summed E-state index contributed by atoms with van der Waals surface area (Å²) in [4.78, 5) is 13.7. The summed E-state index contributed by atoms with van der Waals surface area (Å²) in [6, 6.07) is 5.97. The molecule has 2 rings (SSSR count). The lowest BCUT2D eigenvalue weighted by molar-refractivity contribution is -0.146. The number of benzene rings is 1. The Balaban J connectivity index is 2.16. The lowest BCUT2D eigenvalue weighted by Gasteiger charge is -2.23. The molecule has 0 saturated carbocycles. The van der Waals surface area contributed by atoms with Crippen molar-refractivity contribution in [3.05, 3.63) is 34.9 Å². The smallest absolute Gasteiger partial charge is 0.323 e. The normalized spacial score (nSPS) is 23.6. The van der Waals surface area contributed by atoms with Crippen LogP contribution in [-0.4, -0.2) is 41.8 Å². The van der Waals surface area contributed by atoms with Gasteiger partial charge < -0.3 is 9.84 Å². The molecule has 0 unspecified atom stereocenters. The maximum absolute atomic E-state index is 11.7. The van der Waals surface area contributed by atoms with Crippen molar-refractivity contribution in [2.45, 2.75) is 39.0 Å². The number of likely N-dealkylation sites (tertiary alicyclic amines) is 1. The number of carbonyl (C=O) groups excluding carboxylic acids is 1. The van der Waals surface area contributed by atoms with Gasteiger partial charge >= 0.3 is 5.97 Å². The Hall–Kier alpha value is -1.39. The molecule has 0 bridgehead atoms. The average molecular weight is 263 g/mol. The summed E-state index contributed by atoms with van der Waals surface area (Å²) in [7, 11) is 1.39. The van der Waals surface area contributed by atoms with Crippen LogP contribution in [0.5, 0.6) is 0 Å². The first-order valence-electron chi connectivity index (χ1n) is 6.57. The van der Waals surface area contributed by atoms with Gasteiger partial charge in [0.2, 0.25) is 0 Å². The van der Waals surface area contributed by atoms with Crippen LogP contribution in [0.4, 0.5) is 0 Å². The van der Waals surface area contributed by atoms with Crippen LogP contribution >= 0.6 is 0 Å². The number of ether oxygens (including phenoxy) is 1. The standard InChI is InChI=1S/C15H21NO3/c1-10-4-5-11(2)12(6-10)8-16-9-13(17)7-14(16)15(18)19-3/h4-6,13-14,17H,7-9H2,1-3H3/t13-,14+/m1/s1. The van der Waals surface area contributed by atoms with E-state index in [1.807, 2.05) is 4.90 Å². The molecule has 1 fully saturated rings. The van der Waals surface area contributed by atoms with E-state index < -0.39 is 6.10 Å². The molecule has 104 valence electrons. The minimum atomic E-state index is -0.450. The predicted octanol–water partition coefficient (Wildman–Crippen LogP) is 1.41. The largest absolute Gasteiger partial charge is 0.468 e. The Labute approximate surface area is 114 Å². The third-order valence-corrected chi connectivity index (χ3v) is 3.73. The van der Waals surface area contributed by atoms with Gasteiger partial charge in [0.15, 0.2) is 0 Å². The SMILES string of the molecule is COC(=O)[C@@H]1C[C@@H](O)CN1Cc1cc(C)ccc1C. The second kappa shape index (κ2) is 5.72. The van der Waals surface area contributed by atoms with Crippen LogP contribution in [0, 0.1) is 13.8 Å². The third kappa shape index (κ3) is 3.14. The number of aliphatic hydroxyl groups is 1. The van der Waals surface area contributed by atoms with Crippen LogP contribution in [0.3, 0.4) is 0 Å². The van der Waals surface area contributed by atoms with Gasteiger partial charge in [0.05, 0.1) is 13.2 Å². The van der Waals surface area contributed by atoms with E-state index in [0.29, 0.717) is 19.5 Å². The van der Waals surface area contributed by atoms with Crippen LogP contribution in [0.2, 0.25) is 0 Å². The first-order valence-corrected chi connectivity index (χ1v) is 6.57. The molecule has 0 spiro atoms. The zero-order valence-electron chi connectivity index (χ0n) is 11.7. The zero-order valence-corrected chi connectivity index (χ0v) is 11.7. The van der Waals surface area contributed by atoms with Gasteiger partial charge in [0, 0.05) is 19.5 Å². The second-order valence-electron chi connectivity index (χ2n) is 5.29. The van der Waals surface area contributed by atoms with Crippen LogP contribution in [0.15, 0.2) is 18.2 Å². The summed E-state index contributed by atoms with van der Waals surface area (Å²) in [5.41, 5.74) is 3.61. The van der Waals surface area contributed by atoms with Crippen molar-refractivity contribution in [3.8, 4) is 0 Å². The van der Waals surface area contributed by atoms with E-state index in [1.165, 1.54) is 23.8 Å². The van der Waals surface area contributed by atoms with E-state index in [9.17, 15) is 9.90 Å². The van der Waals surface area contributed by atoms with E-state index >= 15 is 0 Å². The monoisotopic (exact) mass is 263 g/mol. The van der Waals surface area contributed by atoms with Gasteiger partial charge in [0.1, 0.15) is 6.04 Å². The van der Waals surface area contributed by atoms with Crippen LogP contribution in [0.1, 0.15) is 23.1 Å². The number of aliphatic hydroxyl groups excluding tert-OH is 1. The van der Waals surface area contributed by atoms with Gasteiger partial charge in [0.25, 0.3) is 0 Å². The summed E-state index contributed by atoms with van der Waals surface area (Å²) < 4.78 is 4.81. The van der Waals surface area contributed by atoms with E-state index in [4.69, 9.17) is 4.74 Å². The molecule has 0 amide bonds. The Morgan fingerprint density at radius 3 is 2.89 bits per heavy atom. The number of hydrogen-bond donors (Lipinski definition) is 1. The highest BCUT2D eigenvalue weighted by atomic mass is 16.5. The van der Waals surface area contributed by atoms with Gasteiger partial charge in [-0.3, -0.25) is 9.69 Å². The van der Waals surface area contributed by atoms with Crippen molar-refractivity contribution in [2.75, 3.05) is 13.7 Å². The van der Waals surface area contributed by atoms with Crippen molar-refractivity contribution in [1.82, 2.24) is 4.90 Å². The van der Waals surface area contributed by atoms with Crippen molar-refractivity contribution in [1.29, 1.82) is 0 Å². The van der Waals surface area contributed by atoms with E-state index in [1.54, 1.807) is 0 Å². The number of rotatable bonds is 3. The maximum atomic E-state index is 11.7. The minimum absolute atomic E-state index is 0.262. The highest BCUT2D eigenvalue weighted by Gasteiger charge is 2.36. The van der Waals surface area contributed by atoms with Crippen LogP contribution < -0.4 is 0 Å².